The Morgan fingerprint density at radius 2 is 2.40 bits per heavy atom. The molecule has 1 saturated heterocycles. The van der Waals surface area contributed by atoms with Gasteiger partial charge >= 0.3 is 0 Å². The van der Waals surface area contributed by atoms with Crippen LogP contribution in [0.25, 0.3) is 0 Å². The summed E-state index contributed by atoms with van der Waals surface area (Å²) in [5.41, 5.74) is 2.57. The molecule has 4 heteroatoms. The minimum Gasteiger partial charge on any atom is -0.390 e. The molecule has 0 spiro atoms. The van der Waals surface area contributed by atoms with Crippen LogP contribution in [-0.4, -0.2) is 33.7 Å². The molecule has 15 heavy (non-hydrogen) atoms. The number of hydrogen-bond acceptors (Lipinski definition) is 4. The number of likely N-dealkylation sites (tertiary alicyclic amines) is 1. The Morgan fingerprint density at radius 1 is 1.53 bits per heavy atom. The minimum absolute atomic E-state index is 0.461. The average Bonchev–Trinajstić information content (AvgIpc) is 2.60. The zero-order valence-electron chi connectivity index (χ0n) is 9.15. The molecule has 1 aromatic heterocycles. The van der Waals surface area contributed by atoms with E-state index in [2.05, 4.69) is 15.3 Å². The first kappa shape index (κ1) is 11.0. The number of rotatable bonds is 2. The van der Waals surface area contributed by atoms with Crippen molar-refractivity contribution in [1.82, 2.24) is 9.88 Å². The van der Waals surface area contributed by atoms with Crippen LogP contribution < -0.4 is 0 Å². The molecule has 1 fully saturated rings. The normalized spacial score (nSPS) is 28.9. The van der Waals surface area contributed by atoms with Gasteiger partial charge in [-0.25, -0.2) is 4.98 Å². The van der Waals surface area contributed by atoms with Crippen molar-refractivity contribution in [3.63, 3.8) is 0 Å². The maximum Gasteiger partial charge on any atom is 0.0795 e. The summed E-state index contributed by atoms with van der Waals surface area (Å²) < 4.78 is 0. The first-order valence-electron chi connectivity index (χ1n) is 5.47. The molecule has 0 saturated carbocycles. The largest absolute Gasteiger partial charge is 0.390 e. The van der Waals surface area contributed by atoms with E-state index in [1.165, 1.54) is 0 Å². The van der Waals surface area contributed by atoms with Gasteiger partial charge in [-0.05, 0) is 32.7 Å². The van der Waals surface area contributed by atoms with E-state index >= 15 is 0 Å². The van der Waals surface area contributed by atoms with Crippen LogP contribution in [0.15, 0.2) is 10.9 Å². The Labute approximate surface area is 94.8 Å². The summed E-state index contributed by atoms with van der Waals surface area (Å²) in [5.74, 6) is 0. The van der Waals surface area contributed by atoms with E-state index in [0.717, 1.165) is 44.6 Å². The second-order valence-electron chi connectivity index (χ2n) is 4.61. The lowest BCUT2D eigenvalue weighted by molar-refractivity contribution is 0.0444. The lowest BCUT2D eigenvalue weighted by Crippen LogP contribution is -2.28. The van der Waals surface area contributed by atoms with Crippen molar-refractivity contribution in [2.75, 3.05) is 13.1 Å². The monoisotopic (exact) mass is 226 g/mol. The molecule has 1 atom stereocenters. The highest BCUT2D eigenvalue weighted by Gasteiger charge is 2.24. The topological polar surface area (TPSA) is 36.4 Å². The Bertz CT molecular complexity index is 298. The molecular formula is C11H18N2OS. The van der Waals surface area contributed by atoms with Gasteiger partial charge < -0.3 is 5.11 Å². The first-order chi connectivity index (χ1) is 7.16. The summed E-state index contributed by atoms with van der Waals surface area (Å²) in [4.78, 5) is 6.68. The summed E-state index contributed by atoms with van der Waals surface area (Å²) in [6.45, 7) is 4.93. The number of aromatic nitrogens is 1. The van der Waals surface area contributed by atoms with Crippen molar-refractivity contribution in [1.29, 1.82) is 0 Å². The first-order valence-corrected chi connectivity index (χ1v) is 6.42. The maximum absolute atomic E-state index is 9.96. The van der Waals surface area contributed by atoms with E-state index in [-0.39, 0.29) is 0 Å². The summed E-state index contributed by atoms with van der Waals surface area (Å²) in [5, 5.41) is 12.1. The van der Waals surface area contributed by atoms with Gasteiger partial charge in [0.2, 0.25) is 0 Å². The maximum atomic E-state index is 9.96. The fraction of sp³-hybridized carbons (Fsp3) is 0.727. The van der Waals surface area contributed by atoms with Gasteiger partial charge in [0, 0.05) is 18.5 Å². The molecule has 0 amide bonds. The summed E-state index contributed by atoms with van der Waals surface area (Å²) in [6.07, 6.45) is 2.87. The SMILES string of the molecule is CC1(O)CCCN(Cc2cscn2)CC1. The van der Waals surface area contributed by atoms with Crippen LogP contribution in [0.3, 0.4) is 0 Å². The zero-order chi connectivity index (χ0) is 10.7. The Morgan fingerprint density at radius 3 is 3.13 bits per heavy atom. The van der Waals surface area contributed by atoms with Gasteiger partial charge in [0.05, 0.1) is 16.8 Å². The zero-order valence-corrected chi connectivity index (χ0v) is 9.96. The highest BCUT2D eigenvalue weighted by molar-refractivity contribution is 7.07. The van der Waals surface area contributed by atoms with Crippen molar-refractivity contribution in [2.24, 2.45) is 0 Å². The van der Waals surface area contributed by atoms with Crippen molar-refractivity contribution >= 4 is 11.3 Å². The third-order valence-corrected chi connectivity index (χ3v) is 3.66. The highest BCUT2D eigenvalue weighted by Crippen LogP contribution is 2.22. The summed E-state index contributed by atoms with van der Waals surface area (Å²) in [7, 11) is 0. The molecule has 0 radical (unpaired) electrons. The third-order valence-electron chi connectivity index (χ3n) is 3.03. The molecule has 1 aliphatic heterocycles. The van der Waals surface area contributed by atoms with E-state index in [0.29, 0.717) is 0 Å². The van der Waals surface area contributed by atoms with Crippen LogP contribution in [0.4, 0.5) is 0 Å². The van der Waals surface area contributed by atoms with E-state index < -0.39 is 5.60 Å². The van der Waals surface area contributed by atoms with Gasteiger partial charge in [-0.15, -0.1) is 11.3 Å². The van der Waals surface area contributed by atoms with Crippen LogP contribution in [0.5, 0.6) is 0 Å². The fourth-order valence-corrected chi connectivity index (χ4v) is 2.57. The van der Waals surface area contributed by atoms with E-state index in [1.807, 2.05) is 12.4 Å². The second-order valence-corrected chi connectivity index (χ2v) is 5.33. The van der Waals surface area contributed by atoms with E-state index in [4.69, 9.17) is 0 Å². The summed E-state index contributed by atoms with van der Waals surface area (Å²) in [6, 6.07) is 0. The number of hydrogen-bond donors (Lipinski definition) is 1. The van der Waals surface area contributed by atoms with Gasteiger partial charge in [-0.3, -0.25) is 4.90 Å². The predicted octanol–water partition coefficient (Wildman–Crippen LogP) is 1.88. The molecule has 1 unspecified atom stereocenters. The standard InChI is InChI=1S/C11H18N2OS/c1-11(14)3-2-5-13(6-4-11)7-10-8-15-9-12-10/h8-9,14H,2-7H2,1H3. The molecule has 0 aromatic carbocycles. The minimum atomic E-state index is -0.461. The molecule has 1 aromatic rings. The van der Waals surface area contributed by atoms with Gasteiger partial charge in [0.25, 0.3) is 0 Å². The molecule has 2 heterocycles. The van der Waals surface area contributed by atoms with Crippen LogP contribution in [0.1, 0.15) is 31.9 Å². The molecule has 84 valence electrons. The van der Waals surface area contributed by atoms with Crippen molar-refractivity contribution in [2.45, 2.75) is 38.3 Å². The molecular weight excluding hydrogens is 208 g/mol. The third kappa shape index (κ3) is 3.26. The van der Waals surface area contributed by atoms with Crippen LogP contribution in [0.2, 0.25) is 0 Å². The molecule has 1 N–H and O–H groups in total. The van der Waals surface area contributed by atoms with Crippen LogP contribution >= 0.6 is 11.3 Å². The lowest BCUT2D eigenvalue weighted by Gasteiger charge is -2.21. The smallest absolute Gasteiger partial charge is 0.0795 e. The van der Waals surface area contributed by atoms with Crippen molar-refractivity contribution in [3.05, 3.63) is 16.6 Å². The quantitative estimate of drug-likeness (QED) is 0.836. The van der Waals surface area contributed by atoms with Crippen LogP contribution in [0, 0.1) is 0 Å². The molecule has 0 aliphatic carbocycles. The van der Waals surface area contributed by atoms with Crippen molar-refractivity contribution in [3.8, 4) is 0 Å². The molecule has 2 rings (SSSR count). The Hall–Kier alpha value is -0.450. The van der Waals surface area contributed by atoms with E-state index in [9.17, 15) is 5.11 Å². The Kier molecular flexibility index (Phi) is 3.38. The average molecular weight is 226 g/mol. The number of aliphatic hydroxyl groups is 1. The number of nitrogens with zero attached hydrogens (tertiary/aromatic N) is 2. The van der Waals surface area contributed by atoms with Gasteiger partial charge in [-0.1, -0.05) is 0 Å². The van der Waals surface area contributed by atoms with E-state index in [1.54, 1.807) is 11.3 Å². The lowest BCUT2D eigenvalue weighted by atomic mass is 9.98. The molecule has 0 bridgehead atoms. The molecule has 3 nitrogen and oxygen atoms in total. The second kappa shape index (κ2) is 4.60. The van der Waals surface area contributed by atoms with Crippen molar-refractivity contribution < 1.29 is 5.11 Å². The predicted molar refractivity (Wildman–Crippen MR) is 61.9 cm³/mol. The van der Waals surface area contributed by atoms with Crippen LogP contribution in [-0.2, 0) is 6.54 Å². The highest BCUT2D eigenvalue weighted by atomic mass is 32.1. The van der Waals surface area contributed by atoms with Gasteiger partial charge in [-0.2, -0.15) is 0 Å². The fourth-order valence-electron chi connectivity index (χ4n) is 2.02. The number of thiazole rings is 1. The van der Waals surface area contributed by atoms with Gasteiger partial charge in [0.1, 0.15) is 0 Å². The van der Waals surface area contributed by atoms with Gasteiger partial charge in [0.15, 0.2) is 0 Å². The molecule has 1 aliphatic rings. The summed E-state index contributed by atoms with van der Waals surface area (Å²) >= 11 is 1.65. The Balaban J connectivity index is 1.89.